The molecule has 176 valence electrons. The molecule has 7 heteroatoms. The van der Waals surface area contributed by atoms with E-state index in [4.69, 9.17) is 9.40 Å². The number of nitrogens with zero attached hydrogens (tertiary/aromatic N) is 3. The van der Waals surface area contributed by atoms with Gasteiger partial charge in [0, 0.05) is 12.2 Å². The molecular weight excluding hydrogens is 428 g/mol. The monoisotopic (exact) mass is 458 g/mol. The van der Waals surface area contributed by atoms with E-state index in [1.165, 1.54) is 0 Å². The Bertz CT molecular complexity index is 1310. The molecule has 0 radical (unpaired) electrons. The van der Waals surface area contributed by atoms with E-state index in [2.05, 4.69) is 5.32 Å². The Balaban J connectivity index is 1.79. The first kappa shape index (κ1) is 23.3. The Morgan fingerprint density at radius 1 is 1.09 bits per heavy atom. The topological polar surface area (TPSA) is 80.4 Å². The molecule has 2 heterocycles. The molecule has 2 aromatic heterocycles. The van der Waals surface area contributed by atoms with Crippen LogP contribution >= 0.6 is 0 Å². The summed E-state index contributed by atoms with van der Waals surface area (Å²) in [5.41, 5.74) is 2.36. The van der Waals surface area contributed by atoms with E-state index in [0.717, 1.165) is 12.0 Å². The van der Waals surface area contributed by atoms with Gasteiger partial charge < -0.3 is 14.6 Å². The zero-order valence-corrected chi connectivity index (χ0v) is 19.8. The fourth-order valence-electron chi connectivity index (χ4n) is 4.15. The summed E-state index contributed by atoms with van der Waals surface area (Å²) in [4.78, 5) is 33.5. The van der Waals surface area contributed by atoms with Crippen LogP contribution < -0.4 is 10.9 Å². The Morgan fingerprint density at radius 3 is 2.53 bits per heavy atom. The van der Waals surface area contributed by atoms with Gasteiger partial charge in [-0.05, 0) is 56.2 Å². The fraction of sp³-hybridized carbons (Fsp3) is 0.296. The average Bonchev–Trinajstić information content (AvgIpc) is 3.36. The van der Waals surface area contributed by atoms with E-state index in [1.807, 2.05) is 69.3 Å². The molecule has 34 heavy (non-hydrogen) atoms. The van der Waals surface area contributed by atoms with Gasteiger partial charge in [0.15, 0.2) is 0 Å². The highest BCUT2D eigenvalue weighted by Crippen LogP contribution is 2.27. The Kier molecular flexibility index (Phi) is 7.11. The van der Waals surface area contributed by atoms with Crippen LogP contribution in [0, 0.1) is 6.92 Å². The number of anilines is 1. The molecule has 0 saturated heterocycles. The van der Waals surface area contributed by atoms with Crippen molar-refractivity contribution in [3.8, 4) is 0 Å². The van der Waals surface area contributed by atoms with Gasteiger partial charge in [0.25, 0.3) is 5.56 Å². The summed E-state index contributed by atoms with van der Waals surface area (Å²) in [5.74, 6) is 1.24. The third-order valence-corrected chi connectivity index (χ3v) is 5.87. The number of aryl methyl sites for hydroxylation is 1. The van der Waals surface area contributed by atoms with Crippen LogP contribution in [0.3, 0.4) is 0 Å². The number of amides is 2. The van der Waals surface area contributed by atoms with Gasteiger partial charge >= 0.3 is 6.03 Å². The molecular formula is C27H30N4O3. The third-order valence-electron chi connectivity index (χ3n) is 5.87. The number of para-hydroxylation sites is 1. The van der Waals surface area contributed by atoms with Crippen molar-refractivity contribution < 1.29 is 9.21 Å². The molecule has 0 bridgehead atoms. The summed E-state index contributed by atoms with van der Waals surface area (Å²) < 4.78 is 7.28. The summed E-state index contributed by atoms with van der Waals surface area (Å²) >= 11 is 0. The molecule has 4 aromatic rings. The van der Waals surface area contributed by atoms with Crippen molar-refractivity contribution >= 4 is 22.6 Å². The molecule has 0 aliphatic heterocycles. The minimum absolute atomic E-state index is 0.0854. The van der Waals surface area contributed by atoms with Crippen LogP contribution in [0.1, 0.15) is 49.9 Å². The van der Waals surface area contributed by atoms with E-state index in [-0.39, 0.29) is 18.1 Å². The average molecular weight is 459 g/mol. The second-order valence-corrected chi connectivity index (χ2v) is 8.37. The lowest BCUT2D eigenvalue weighted by Crippen LogP contribution is -2.40. The highest BCUT2D eigenvalue weighted by Gasteiger charge is 2.29. The summed E-state index contributed by atoms with van der Waals surface area (Å²) in [5, 5.41) is 3.58. The number of furan rings is 1. The summed E-state index contributed by atoms with van der Waals surface area (Å²) in [6.07, 6.45) is 2.95. The van der Waals surface area contributed by atoms with Gasteiger partial charge in [-0.2, -0.15) is 0 Å². The summed E-state index contributed by atoms with van der Waals surface area (Å²) in [6.45, 7) is 6.79. The Labute approximate surface area is 199 Å². The standard InChI is InChI=1S/C27H30N4O3/c1-4-16-30-25(29-23-11-7-6-10-22(23)26(30)32)24(5-2)31(18-21-9-8-17-34-21)27(33)28-20-14-12-19(3)13-15-20/h6-15,17,24H,4-5,16,18H2,1-3H3,(H,28,33). The van der Waals surface area contributed by atoms with Crippen LogP contribution in [0.4, 0.5) is 10.5 Å². The largest absolute Gasteiger partial charge is 0.467 e. The summed E-state index contributed by atoms with van der Waals surface area (Å²) in [6, 6.07) is 17.9. The maximum Gasteiger partial charge on any atom is 0.322 e. The van der Waals surface area contributed by atoms with E-state index in [1.54, 1.807) is 27.9 Å². The number of fused-ring (bicyclic) bond motifs is 1. The lowest BCUT2D eigenvalue weighted by Gasteiger charge is -2.32. The van der Waals surface area contributed by atoms with Crippen molar-refractivity contribution in [1.82, 2.24) is 14.5 Å². The molecule has 7 nitrogen and oxygen atoms in total. The van der Waals surface area contributed by atoms with Gasteiger partial charge in [-0.25, -0.2) is 9.78 Å². The zero-order chi connectivity index (χ0) is 24.1. The van der Waals surface area contributed by atoms with E-state index in [0.29, 0.717) is 41.1 Å². The van der Waals surface area contributed by atoms with Gasteiger partial charge in [0.05, 0.1) is 29.8 Å². The van der Waals surface area contributed by atoms with Crippen molar-refractivity contribution in [3.63, 3.8) is 0 Å². The molecule has 0 aliphatic carbocycles. The molecule has 1 unspecified atom stereocenters. The maximum atomic E-state index is 13.6. The van der Waals surface area contributed by atoms with Gasteiger partial charge in [0.2, 0.25) is 0 Å². The lowest BCUT2D eigenvalue weighted by atomic mass is 10.1. The van der Waals surface area contributed by atoms with Crippen molar-refractivity contribution in [2.75, 3.05) is 5.32 Å². The van der Waals surface area contributed by atoms with Gasteiger partial charge in [-0.3, -0.25) is 9.36 Å². The maximum absolute atomic E-state index is 13.6. The van der Waals surface area contributed by atoms with E-state index in [9.17, 15) is 9.59 Å². The van der Waals surface area contributed by atoms with Crippen LogP contribution in [-0.4, -0.2) is 20.5 Å². The highest BCUT2D eigenvalue weighted by molar-refractivity contribution is 5.89. The van der Waals surface area contributed by atoms with E-state index >= 15 is 0 Å². The number of nitrogens with one attached hydrogen (secondary N) is 1. The van der Waals surface area contributed by atoms with Crippen LogP contribution in [0.25, 0.3) is 10.9 Å². The fourth-order valence-corrected chi connectivity index (χ4v) is 4.15. The van der Waals surface area contributed by atoms with Crippen LogP contribution in [0.5, 0.6) is 0 Å². The molecule has 1 atom stereocenters. The van der Waals surface area contributed by atoms with Crippen molar-refractivity contribution in [2.45, 2.75) is 52.7 Å². The second kappa shape index (κ2) is 10.4. The van der Waals surface area contributed by atoms with E-state index < -0.39 is 6.04 Å². The molecule has 0 spiro atoms. The van der Waals surface area contributed by atoms with Crippen molar-refractivity contribution in [3.05, 3.63) is 94.4 Å². The predicted molar refractivity (Wildman–Crippen MR) is 134 cm³/mol. The lowest BCUT2D eigenvalue weighted by molar-refractivity contribution is 0.169. The van der Waals surface area contributed by atoms with Crippen LogP contribution in [-0.2, 0) is 13.1 Å². The molecule has 2 aromatic carbocycles. The molecule has 0 fully saturated rings. The predicted octanol–water partition coefficient (Wildman–Crippen LogP) is 5.89. The normalized spacial score (nSPS) is 12.0. The Hall–Kier alpha value is -3.87. The van der Waals surface area contributed by atoms with Gasteiger partial charge in [-0.15, -0.1) is 0 Å². The zero-order valence-electron chi connectivity index (χ0n) is 19.8. The quantitative estimate of drug-likeness (QED) is 0.357. The molecule has 1 N–H and O–H groups in total. The number of carbonyl (C=O) groups excluding carboxylic acids is 1. The SMILES string of the molecule is CCCn1c(C(CC)N(Cc2ccco2)C(=O)Nc2ccc(C)cc2)nc2ccccc2c1=O. The smallest absolute Gasteiger partial charge is 0.322 e. The Morgan fingerprint density at radius 2 is 1.85 bits per heavy atom. The number of hydrogen-bond donors (Lipinski definition) is 1. The first-order valence-electron chi connectivity index (χ1n) is 11.7. The first-order valence-corrected chi connectivity index (χ1v) is 11.7. The van der Waals surface area contributed by atoms with Gasteiger partial charge in [0.1, 0.15) is 11.6 Å². The minimum Gasteiger partial charge on any atom is -0.467 e. The molecule has 0 aliphatic rings. The summed E-state index contributed by atoms with van der Waals surface area (Å²) in [7, 11) is 0. The highest BCUT2D eigenvalue weighted by atomic mass is 16.3. The third kappa shape index (κ3) is 4.88. The number of benzene rings is 2. The number of urea groups is 1. The second-order valence-electron chi connectivity index (χ2n) is 8.37. The van der Waals surface area contributed by atoms with Crippen molar-refractivity contribution in [2.24, 2.45) is 0 Å². The molecule has 4 rings (SSSR count). The molecule has 2 amide bonds. The van der Waals surface area contributed by atoms with Crippen molar-refractivity contribution in [1.29, 1.82) is 0 Å². The first-order chi connectivity index (χ1) is 16.5. The number of hydrogen-bond acceptors (Lipinski definition) is 4. The molecule has 0 saturated carbocycles. The van der Waals surface area contributed by atoms with Gasteiger partial charge in [-0.1, -0.05) is 43.7 Å². The minimum atomic E-state index is -0.431. The van der Waals surface area contributed by atoms with Crippen LogP contribution in [0.2, 0.25) is 0 Å². The van der Waals surface area contributed by atoms with Crippen LogP contribution in [0.15, 0.2) is 76.1 Å². The number of aromatic nitrogens is 2. The number of carbonyl (C=O) groups is 1. The number of rotatable bonds is 8.